The number of halogens is 2. The van der Waals surface area contributed by atoms with Gasteiger partial charge in [-0.05, 0) is 42.7 Å². The lowest BCUT2D eigenvalue weighted by Gasteiger charge is -2.06. The normalized spacial score (nSPS) is 10.5. The third-order valence-electron chi connectivity index (χ3n) is 2.20. The molecule has 8 heteroatoms. The van der Waals surface area contributed by atoms with E-state index in [1.165, 1.54) is 24.3 Å². The van der Waals surface area contributed by atoms with Crippen LogP contribution in [0.4, 0.5) is 14.5 Å². The van der Waals surface area contributed by atoms with Gasteiger partial charge in [0, 0.05) is 5.69 Å². The molecular weight excluding hydrogens is 276 g/mol. The number of amides is 1. The molecule has 0 bridgehead atoms. The summed E-state index contributed by atoms with van der Waals surface area (Å²) in [5.74, 6) is -0.307. The van der Waals surface area contributed by atoms with Gasteiger partial charge in [-0.3, -0.25) is 4.79 Å². The largest absolute Gasteiger partial charge is 0.435 e. The quantitative estimate of drug-likeness (QED) is 0.938. The number of anilines is 1. The topological polar surface area (TPSA) is 64.1 Å². The highest BCUT2D eigenvalue weighted by molar-refractivity contribution is 7.08. The Labute approximate surface area is 111 Å². The first kappa shape index (κ1) is 13.3. The molecule has 19 heavy (non-hydrogen) atoms. The number of rotatable bonds is 4. The van der Waals surface area contributed by atoms with Gasteiger partial charge in [0.05, 0.1) is 5.69 Å². The Morgan fingerprint density at radius 3 is 2.58 bits per heavy atom. The maximum absolute atomic E-state index is 12.0. The number of nitrogens with one attached hydrogen (secondary N) is 1. The summed E-state index contributed by atoms with van der Waals surface area (Å²) in [6.07, 6.45) is 0. The number of hydrogen-bond donors (Lipinski definition) is 1. The Kier molecular flexibility index (Phi) is 4.00. The lowest BCUT2D eigenvalue weighted by Crippen LogP contribution is -2.11. The molecule has 0 saturated heterocycles. The van der Waals surface area contributed by atoms with Crippen molar-refractivity contribution in [3.63, 3.8) is 0 Å². The molecule has 2 aromatic rings. The van der Waals surface area contributed by atoms with E-state index in [4.69, 9.17) is 0 Å². The van der Waals surface area contributed by atoms with Crippen LogP contribution >= 0.6 is 11.5 Å². The zero-order valence-corrected chi connectivity index (χ0v) is 10.6. The van der Waals surface area contributed by atoms with Crippen LogP contribution in [0.1, 0.15) is 15.4 Å². The summed E-state index contributed by atoms with van der Waals surface area (Å²) in [7, 11) is 0. The van der Waals surface area contributed by atoms with Gasteiger partial charge in [-0.1, -0.05) is 4.49 Å². The van der Waals surface area contributed by atoms with Crippen molar-refractivity contribution in [3.8, 4) is 5.75 Å². The van der Waals surface area contributed by atoms with Crippen LogP contribution in [0.15, 0.2) is 24.3 Å². The Bertz CT molecular complexity index is 572. The van der Waals surface area contributed by atoms with Gasteiger partial charge in [0.25, 0.3) is 5.91 Å². The number of nitrogens with zero attached hydrogens (tertiary/aromatic N) is 2. The molecule has 0 fully saturated rings. The van der Waals surface area contributed by atoms with Crippen molar-refractivity contribution in [2.45, 2.75) is 13.5 Å². The minimum Gasteiger partial charge on any atom is -0.435 e. The van der Waals surface area contributed by atoms with Gasteiger partial charge in [0.1, 0.15) is 10.6 Å². The predicted octanol–water partition coefficient (Wildman–Crippen LogP) is 2.70. The number of carbonyl (C=O) groups excluding carboxylic acids is 1. The number of alkyl halides is 2. The highest BCUT2D eigenvalue weighted by Crippen LogP contribution is 2.19. The molecule has 0 atom stereocenters. The van der Waals surface area contributed by atoms with Crippen LogP contribution in [-0.2, 0) is 0 Å². The van der Waals surface area contributed by atoms with E-state index in [1.54, 1.807) is 6.92 Å². The Morgan fingerprint density at radius 2 is 2.05 bits per heavy atom. The molecule has 1 heterocycles. The van der Waals surface area contributed by atoms with Crippen LogP contribution in [0, 0.1) is 6.92 Å². The summed E-state index contributed by atoms with van der Waals surface area (Å²) in [6.45, 7) is -1.19. The first-order valence-corrected chi connectivity index (χ1v) is 5.99. The summed E-state index contributed by atoms with van der Waals surface area (Å²) < 4.78 is 31.8. The third kappa shape index (κ3) is 3.44. The number of hydrogen-bond acceptors (Lipinski definition) is 5. The molecule has 0 radical (unpaired) electrons. The predicted molar refractivity (Wildman–Crippen MR) is 65.7 cm³/mol. The van der Waals surface area contributed by atoms with Gasteiger partial charge in [0.15, 0.2) is 0 Å². The SMILES string of the molecule is Cc1nnsc1C(=O)Nc1ccc(OC(F)F)cc1. The number of benzene rings is 1. The van der Waals surface area contributed by atoms with Crippen LogP contribution in [0.3, 0.4) is 0 Å². The lowest BCUT2D eigenvalue weighted by atomic mass is 10.3. The molecular formula is C11H9F2N3O2S. The smallest absolute Gasteiger partial charge is 0.387 e. The second-order valence-corrected chi connectivity index (χ2v) is 4.30. The summed E-state index contributed by atoms with van der Waals surface area (Å²) in [5, 5.41) is 6.34. The van der Waals surface area contributed by atoms with E-state index in [2.05, 4.69) is 19.6 Å². The minimum atomic E-state index is -2.87. The van der Waals surface area contributed by atoms with Crippen LogP contribution < -0.4 is 10.1 Å². The van der Waals surface area contributed by atoms with Gasteiger partial charge in [-0.25, -0.2) is 0 Å². The molecule has 0 aliphatic heterocycles. The molecule has 0 unspecified atom stereocenters. The van der Waals surface area contributed by atoms with Crippen LogP contribution in [0.5, 0.6) is 5.75 Å². The second kappa shape index (κ2) is 5.70. The monoisotopic (exact) mass is 285 g/mol. The van der Waals surface area contributed by atoms with Crippen LogP contribution in [-0.4, -0.2) is 22.1 Å². The highest BCUT2D eigenvalue weighted by atomic mass is 32.1. The Morgan fingerprint density at radius 1 is 1.37 bits per heavy atom. The van der Waals surface area contributed by atoms with E-state index in [9.17, 15) is 13.6 Å². The van der Waals surface area contributed by atoms with E-state index in [0.717, 1.165) is 11.5 Å². The molecule has 1 aromatic carbocycles. The molecule has 2 rings (SSSR count). The van der Waals surface area contributed by atoms with E-state index in [0.29, 0.717) is 16.3 Å². The van der Waals surface area contributed by atoms with Crippen LogP contribution in [0.25, 0.3) is 0 Å². The number of aromatic nitrogens is 2. The minimum absolute atomic E-state index is 0.0311. The summed E-state index contributed by atoms with van der Waals surface area (Å²) >= 11 is 0.991. The molecule has 1 amide bonds. The zero-order chi connectivity index (χ0) is 13.8. The van der Waals surface area contributed by atoms with Crippen molar-refractivity contribution < 1.29 is 18.3 Å². The van der Waals surface area contributed by atoms with Crippen molar-refractivity contribution in [2.24, 2.45) is 0 Å². The van der Waals surface area contributed by atoms with Crippen molar-refractivity contribution in [1.82, 2.24) is 9.59 Å². The fraction of sp³-hybridized carbons (Fsp3) is 0.182. The molecule has 0 aliphatic carbocycles. The lowest BCUT2D eigenvalue weighted by molar-refractivity contribution is -0.0498. The summed E-state index contributed by atoms with van der Waals surface area (Å²) in [4.78, 5) is 12.2. The van der Waals surface area contributed by atoms with Gasteiger partial charge >= 0.3 is 6.61 Å². The number of carbonyl (C=O) groups is 1. The van der Waals surface area contributed by atoms with Gasteiger partial charge < -0.3 is 10.1 Å². The first-order chi connectivity index (χ1) is 9.06. The maximum Gasteiger partial charge on any atom is 0.387 e. The molecule has 100 valence electrons. The first-order valence-electron chi connectivity index (χ1n) is 5.21. The number of ether oxygens (including phenoxy) is 1. The highest BCUT2D eigenvalue weighted by Gasteiger charge is 2.13. The molecule has 0 spiro atoms. The van der Waals surface area contributed by atoms with Gasteiger partial charge in [-0.2, -0.15) is 8.78 Å². The average Bonchev–Trinajstić information content (AvgIpc) is 2.77. The van der Waals surface area contributed by atoms with Gasteiger partial charge in [0.2, 0.25) is 0 Å². The Balaban J connectivity index is 2.04. The average molecular weight is 285 g/mol. The molecule has 1 N–H and O–H groups in total. The van der Waals surface area contributed by atoms with Crippen molar-refractivity contribution in [3.05, 3.63) is 34.8 Å². The standard InChI is InChI=1S/C11H9F2N3O2S/c1-6-9(19-16-15-6)10(17)14-7-2-4-8(5-3-7)18-11(12)13/h2-5,11H,1H3,(H,14,17). The third-order valence-corrected chi connectivity index (χ3v) is 3.02. The van der Waals surface area contributed by atoms with E-state index < -0.39 is 6.61 Å². The molecule has 5 nitrogen and oxygen atoms in total. The molecule has 0 saturated carbocycles. The van der Waals surface area contributed by atoms with Gasteiger partial charge in [-0.15, -0.1) is 5.10 Å². The maximum atomic E-state index is 12.0. The number of aryl methyl sites for hydroxylation is 1. The Hall–Kier alpha value is -2.09. The van der Waals surface area contributed by atoms with E-state index in [-0.39, 0.29) is 11.7 Å². The van der Waals surface area contributed by atoms with Crippen molar-refractivity contribution in [2.75, 3.05) is 5.32 Å². The van der Waals surface area contributed by atoms with Crippen LogP contribution in [0.2, 0.25) is 0 Å². The summed E-state index contributed by atoms with van der Waals surface area (Å²) in [5.41, 5.74) is 1.01. The molecule has 0 aliphatic rings. The zero-order valence-electron chi connectivity index (χ0n) is 9.76. The summed E-state index contributed by atoms with van der Waals surface area (Å²) in [6, 6.07) is 5.64. The van der Waals surface area contributed by atoms with E-state index >= 15 is 0 Å². The fourth-order valence-electron chi connectivity index (χ4n) is 1.35. The van der Waals surface area contributed by atoms with Crippen molar-refractivity contribution >= 4 is 23.1 Å². The fourth-order valence-corrected chi connectivity index (χ4v) is 1.90. The van der Waals surface area contributed by atoms with Crippen molar-refractivity contribution in [1.29, 1.82) is 0 Å². The second-order valence-electron chi connectivity index (χ2n) is 3.54. The van der Waals surface area contributed by atoms with E-state index in [1.807, 2.05) is 0 Å². The molecule has 1 aromatic heterocycles.